The van der Waals surface area contributed by atoms with Crippen molar-refractivity contribution >= 4 is 18.2 Å². The summed E-state index contributed by atoms with van der Waals surface area (Å²) in [5.74, 6) is 0. The molecule has 0 saturated carbocycles. The van der Waals surface area contributed by atoms with Gasteiger partial charge in [-0.25, -0.2) is 0 Å². The van der Waals surface area contributed by atoms with Crippen LogP contribution in [0.5, 0.6) is 0 Å². The van der Waals surface area contributed by atoms with Gasteiger partial charge in [0.05, 0.1) is 0 Å². The highest BCUT2D eigenvalue weighted by Gasteiger charge is 2.03. The van der Waals surface area contributed by atoms with Crippen molar-refractivity contribution in [2.45, 2.75) is 25.2 Å². The molecule has 0 N–H and O–H groups in total. The Morgan fingerprint density at radius 2 is 1.94 bits per heavy atom. The molecule has 0 nitrogen and oxygen atoms in total. The minimum atomic E-state index is 1.02. The van der Waals surface area contributed by atoms with E-state index in [2.05, 4.69) is 62.9 Å². The Labute approximate surface area is 103 Å². The third-order valence-electron chi connectivity index (χ3n) is 2.81. The number of thiol groups is 1. The van der Waals surface area contributed by atoms with Crippen LogP contribution in [-0.2, 0) is 0 Å². The fraction of sp³-hybridized carbons (Fsp3) is 0.200. The lowest BCUT2D eigenvalue weighted by Crippen LogP contribution is -1.86. The van der Waals surface area contributed by atoms with Gasteiger partial charge in [-0.2, -0.15) is 0 Å². The van der Waals surface area contributed by atoms with Gasteiger partial charge >= 0.3 is 0 Å². The van der Waals surface area contributed by atoms with Crippen molar-refractivity contribution in [1.29, 1.82) is 0 Å². The minimum Gasteiger partial charge on any atom is -0.143 e. The molecule has 2 rings (SSSR count). The lowest BCUT2D eigenvalue weighted by atomic mass is 10.0. The molecule has 0 radical (unpaired) electrons. The Hall–Kier alpha value is -1.21. The molecule has 1 aliphatic rings. The monoisotopic (exact) mass is 228 g/mol. The summed E-state index contributed by atoms with van der Waals surface area (Å²) in [5.41, 5.74) is 5.24. The van der Waals surface area contributed by atoms with E-state index in [1.807, 2.05) is 6.07 Å². The first-order valence-corrected chi connectivity index (χ1v) is 5.95. The number of rotatable bonds is 1. The Morgan fingerprint density at radius 1 is 1.12 bits per heavy atom. The normalized spacial score (nSPS) is 15.4. The van der Waals surface area contributed by atoms with Crippen LogP contribution >= 0.6 is 12.6 Å². The molecule has 0 spiro atoms. The lowest BCUT2D eigenvalue weighted by molar-refractivity contribution is 1.22. The average molecular weight is 228 g/mol. The van der Waals surface area contributed by atoms with E-state index in [9.17, 15) is 0 Å². The molecule has 0 fully saturated rings. The van der Waals surface area contributed by atoms with Crippen LogP contribution in [0.4, 0.5) is 0 Å². The van der Waals surface area contributed by atoms with E-state index < -0.39 is 0 Å². The molecular formula is C15H16S. The third kappa shape index (κ3) is 2.48. The maximum atomic E-state index is 4.35. The van der Waals surface area contributed by atoms with Crippen LogP contribution in [0.25, 0.3) is 5.57 Å². The Kier molecular flexibility index (Phi) is 3.35. The molecule has 0 saturated heterocycles. The highest BCUT2D eigenvalue weighted by Crippen LogP contribution is 2.25. The molecule has 1 heteroatoms. The number of allylic oxidation sites excluding steroid dienone is 6. The molecule has 0 amide bonds. The Morgan fingerprint density at radius 3 is 2.69 bits per heavy atom. The van der Waals surface area contributed by atoms with Crippen LogP contribution in [0.2, 0.25) is 0 Å². The predicted octanol–water partition coefficient (Wildman–Crippen LogP) is 4.57. The van der Waals surface area contributed by atoms with Crippen molar-refractivity contribution in [2.24, 2.45) is 0 Å². The summed E-state index contributed by atoms with van der Waals surface area (Å²) in [5, 5.41) is 0. The van der Waals surface area contributed by atoms with Crippen molar-refractivity contribution in [3.63, 3.8) is 0 Å². The predicted molar refractivity (Wildman–Crippen MR) is 73.9 cm³/mol. The second kappa shape index (κ2) is 4.75. The van der Waals surface area contributed by atoms with E-state index in [0.717, 1.165) is 11.3 Å². The molecule has 0 aromatic heterocycles. The zero-order chi connectivity index (χ0) is 11.5. The molecule has 1 aliphatic carbocycles. The second-order valence-electron chi connectivity index (χ2n) is 4.24. The number of hydrogen-bond acceptors (Lipinski definition) is 1. The maximum absolute atomic E-state index is 4.35. The van der Waals surface area contributed by atoms with Crippen LogP contribution < -0.4 is 0 Å². The van der Waals surface area contributed by atoms with Gasteiger partial charge in [-0.15, -0.1) is 12.6 Å². The molecule has 0 aliphatic heterocycles. The van der Waals surface area contributed by atoms with Gasteiger partial charge in [-0.05, 0) is 49.1 Å². The van der Waals surface area contributed by atoms with E-state index in [-0.39, 0.29) is 0 Å². The van der Waals surface area contributed by atoms with E-state index >= 15 is 0 Å². The SMILES string of the molecule is CC1=CC=C(c2ccc(S)cc2C)C=CC1. The van der Waals surface area contributed by atoms with Crippen LogP contribution in [0.3, 0.4) is 0 Å². The fourth-order valence-electron chi connectivity index (χ4n) is 1.88. The highest BCUT2D eigenvalue weighted by molar-refractivity contribution is 7.80. The molecule has 16 heavy (non-hydrogen) atoms. The molecule has 1 aromatic rings. The van der Waals surface area contributed by atoms with Crippen molar-refractivity contribution in [1.82, 2.24) is 0 Å². The number of benzene rings is 1. The van der Waals surface area contributed by atoms with Crippen molar-refractivity contribution in [3.05, 3.63) is 59.2 Å². The molecule has 0 atom stereocenters. The van der Waals surface area contributed by atoms with Gasteiger partial charge in [-0.3, -0.25) is 0 Å². The Balaban J connectivity index is 2.44. The zero-order valence-corrected chi connectivity index (χ0v) is 10.6. The summed E-state index contributed by atoms with van der Waals surface area (Å²) in [7, 11) is 0. The van der Waals surface area contributed by atoms with Gasteiger partial charge in [0.1, 0.15) is 0 Å². The van der Waals surface area contributed by atoms with E-state index in [4.69, 9.17) is 0 Å². The molecule has 0 heterocycles. The largest absolute Gasteiger partial charge is 0.143 e. The smallest absolute Gasteiger partial charge is 0.00430 e. The van der Waals surface area contributed by atoms with Crippen molar-refractivity contribution in [3.8, 4) is 0 Å². The summed E-state index contributed by atoms with van der Waals surface area (Å²) < 4.78 is 0. The molecule has 0 bridgehead atoms. The first-order chi connectivity index (χ1) is 7.66. The van der Waals surface area contributed by atoms with Gasteiger partial charge in [-0.1, -0.05) is 35.9 Å². The lowest BCUT2D eigenvalue weighted by Gasteiger charge is -2.06. The van der Waals surface area contributed by atoms with Gasteiger partial charge in [0, 0.05) is 4.90 Å². The molecular weight excluding hydrogens is 212 g/mol. The van der Waals surface area contributed by atoms with Gasteiger partial charge in [0.2, 0.25) is 0 Å². The third-order valence-corrected chi connectivity index (χ3v) is 3.08. The van der Waals surface area contributed by atoms with Gasteiger partial charge in [0.25, 0.3) is 0 Å². The van der Waals surface area contributed by atoms with Crippen LogP contribution in [-0.4, -0.2) is 0 Å². The van der Waals surface area contributed by atoms with Crippen LogP contribution in [0.1, 0.15) is 24.5 Å². The fourth-order valence-corrected chi connectivity index (χ4v) is 2.15. The van der Waals surface area contributed by atoms with Crippen LogP contribution in [0, 0.1) is 6.92 Å². The topological polar surface area (TPSA) is 0 Å². The summed E-state index contributed by atoms with van der Waals surface area (Å²) in [6, 6.07) is 6.29. The minimum absolute atomic E-state index is 1.02. The summed E-state index contributed by atoms with van der Waals surface area (Å²) >= 11 is 4.35. The standard InChI is InChI=1S/C15H16S/c1-11-4-3-5-13(7-6-11)15-9-8-14(16)10-12(15)2/h3,5-10,16H,4H2,1-2H3. The first-order valence-electron chi connectivity index (χ1n) is 5.51. The quantitative estimate of drug-likeness (QED) is 0.669. The zero-order valence-electron chi connectivity index (χ0n) is 9.70. The second-order valence-corrected chi connectivity index (χ2v) is 4.76. The summed E-state index contributed by atoms with van der Waals surface area (Å²) in [6.45, 7) is 4.29. The summed E-state index contributed by atoms with van der Waals surface area (Å²) in [4.78, 5) is 1.02. The first kappa shape index (κ1) is 11.3. The van der Waals surface area contributed by atoms with Gasteiger partial charge < -0.3 is 0 Å². The maximum Gasteiger partial charge on any atom is 0.00430 e. The molecule has 82 valence electrons. The van der Waals surface area contributed by atoms with E-state index in [0.29, 0.717) is 0 Å². The number of aryl methyl sites for hydroxylation is 1. The van der Waals surface area contributed by atoms with E-state index in [1.54, 1.807) is 0 Å². The van der Waals surface area contributed by atoms with Gasteiger partial charge in [0.15, 0.2) is 0 Å². The van der Waals surface area contributed by atoms with Crippen molar-refractivity contribution < 1.29 is 0 Å². The van der Waals surface area contributed by atoms with E-state index in [1.165, 1.54) is 22.3 Å². The molecule has 1 aromatic carbocycles. The average Bonchev–Trinajstić information content (AvgIpc) is 2.43. The van der Waals surface area contributed by atoms with Crippen molar-refractivity contribution in [2.75, 3.05) is 0 Å². The Bertz CT molecular complexity index is 490. The van der Waals surface area contributed by atoms with Crippen LogP contribution in [0.15, 0.2) is 53.0 Å². The molecule has 0 unspecified atom stereocenters. The highest BCUT2D eigenvalue weighted by atomic mass is 32.1. The number of hydrogen-bond donors (Lipinski definition) is 1. The summed E-state index contributed by atoms with van der Waals surface area (Å²) in [6.07, 6.45) is 9.86.